The number of carbonyl (C=O) groups is 1. The zero-order chi connectivity index (χ0) is 17.0. The number of amides is 1. The van der Waals surface area contributed by atoms with Gasteiger partial charge < -0.3 is 9.64 Å². The Morgan fingerprint density at radius 1 is 1.22 bits per heavy atom. The summed E-state index contributed by atoms with van der Waals surface area (Å²) in [6.45, 7) is 7.95. The van der Waals surface area contributed by atoms with Gasteiger partial charge in [0, 0.05) is 31.2 Å². The molecular formula is C17H22ClN3O2. The molecule has 1 aliphatic heterocycles. The van der Waals surface area contributed by atoms with Crippen LogP contribution in [0.5, 0.6) is 0 Å². The lowest BCUT2D eigenvalue weighted by molar-refractivity contribution is 0.0125. The molecule has 0 aromatic heterocycles. The summed E-state index contributed by atoms with van der Waals surface area (Å²) in [5.41, 5.74) is 0.426. The largest absolute Gasteiger partial charge is 0.444 e. The average molecular weight is 336 g/mol. The predicted octanol–water partition coefficient (Wildman–Crippen LogP) is 3.46. The Bertz CT molecular complexity index is 581. The number of ether oxygens (including phenoxy) is 1. The minimum absolute atomic E-state index is 0.294. The van der Waals surface area contributed by atoms with Crippen LogP contribution in [0.4, 0.5) is 4.79 Å². The first-order chi connectivity index (χ1) is 10.8. The maximum atomic E-state index is 12.1. The first-order valence-corrected chi connectivity index (χ1v) is 8.05. The van der Waals surface area contributed by atoms with Crippen LogP contribution in [0.25, 0.3) is 0 Å². The number of carbonyl (C=O) groups excluding carboxylic acids is 1. The molecule has 1 aromatic rings. The molecule has 2 rings (SSSR count). The smallest absolute Gasteiger partial charge is 0.410 e. The van der Waals surface area contributed by atoms with Crippen molar-refractivity contribution in [2.75, 3.05) is 26.2 Å². The fraction of sp³-hybridized carbons (Fsp3) is 0.529. The SMILES string of the molecule is CC(C)(C)OC(=O)N1CCN(C(C#N)c2ccc(Cl)cc2)CC1. The van der Waals surface area contributed by atoms with Crippen LogP contribution >= 0.6 is 11.6 Å². The lowest BCUT2D eigenvalue weighted by Gasteiger charge is -2.37. The maximum absolute atomic E-state index is 12.1. The Balaban J connectivity index is 1.96. The molecular weight excluding hydrogens is 314 g/mol. The number of rotatable bonds is 2. The second-order valence-corrected chi connectivity index (χ2v) is 7.02. The van der Waals surface area contributed by atoms with E-state index in [0.717, 1.165) is 5.56 Å². The van der Waals surface area contributed by atoms with Gasteiger partial charge >= 0.3 is 6.09 Å². The van der Waals surface area contributed by atoms with Gasteiger partial charge in [-0.05, 0) is 38.5 Å². The number of piperazine rings is 1. The van der Waals surface area contributed by atoms with Gasteiger partial charge in [0.25, 0.3) is 0 Å². The predicted molar refractivity (Wildman–Crippen MR) is 89.2 cm³/mol. The molecule has 1 fully saturated rings. The molecule has 1 aliphatic rings. The molecule has 1 heterocycles. The second kappa shape index (κ2) is 7.20. The highest BCUT2D eigenvalue weighted by Gasteiger charge is 2.29. The molecule has 6 heteroatoms. The fourth-order valence-corrected chi connectivity index (χ4v) is 2.63. The molecule has 0 aliphatic carbocycles. The topological polar surface area (TPSA) is 56.6 Å². The highest BCUT2D eigenvalue weighted by molar-refractivity contribution is 6.30. The zero-order valence-electron chi connectivity index (χ0n) is 13.8. The van der Waals surface area contributed by atoms with E-state index in [1.807, 2.05) is 32.9 Å². The Morgan fingerprint density at radius 2 is 1.78 bits per heavy atom. The first kappa shape index (κ1) is 17.6. The molecule has 23 heavy (non-hydrogen) atoms. The fourth-order valence-electron chi connectivity index (χ4n) is 2.50. The molecule has 1 aromatic carbocycles. The van der Waals surface area contributed by atoms with Gasteiger partial charge in [-0.1, -0.05) is 23.7 Å². The van der Waals surface area contributed by atoms with Crippen molar-refractivity contribution in [3.8, 4) is 6.07 Å². The Kier molecular flexibility index (Phi) is 5.51. The average Bonchev–Trinajstić information content (AvgIpc) is 2.49. The van der Waals surface area contributed by atoms with Crippen molar-refractivity contribution in [3.05, 3.63) is 34.9 Å². The number of halogens is 1. The van der Waals surface area contributed by atoms with Gasteiger partial charge in [-0.3, -0.25) is 4.90 Å². The van der Waals surface area contributed by atoms with E-state index in [9.17, 15) is 10.1 Å². The zero-order valence-corrected chi connectivity index (χ0v) is 14.5. The van der Waals surface area contributed by atoms with Crippen molar-refractivity contribution in [3.63, 3.8) is 0 Å². The van der Waals surface area contributed by atoms with Crippen molar-refractivity contribution in [2.45, 2.75) is 32.4 Å². The van der Waals surface area contributed by atoms with Gasteiger partial charge in [0.1, 0.15) is 11.6 Å². The molecule has 0 bridgehead atoms. The van der Waals surface area contributed by atoms with Crippen LogP contribution in [0.15, 0.2) is 24.3 Å². The third kappa shape index (κ3) is 4.85. The van der Waals surface area contributed by atoms with Gasteiger partial charge in [-0.15, -0.1) is 0 Å². The minimum atomic E-state index is -0.493. The van der Waals surface area contributed by atoms with E-state index in [1.54, 1.807) is 17.0 Å². The summed E-state index contributed by atoms with van der Waals surface area (Å²) in [6, 6.07) is 9.33. The molecule has 0 spiro atoms. The lowest BCUT2D eigenvalue weighted by Crippen LogP contribution is -2.50. The highest BCUT2D eigenvalue weighted by Crippen LogP contribution is 2.23. The van der Waals surface area contributed by atoms with Crippen LogP contribution in [-0.4, -0.2) is 47.7 Å². The molecule has 0 N–H and O–H groups in total. The Hall–Kier alpha value is -1.77. The third-order valence-corrected chi connectivity index (χ3v) is 3.89. The van der Waals surface area contributed by atoms with E-state index in [4.69, 9.17) is 16.3 Å². The van der Waals surface area contributed by atoms with Gasteiger partial charge in [0.15, 0.2) is 0 Å². The Labute approximate surface area is 142 Å². The van der Waals surface area contributed by atoms with E-state index in [-0.39, 0.29) is 12.1 Å². The van der Waals surface area contributed by atoms with E-state index in [1.165, 1.54) is 0 Å². The van der Waals surface area contributed by atoms with Gasteiger partial charge in [-0.25, -0.2) is 4.79 Å². The summed E-state index contributed by atoms with van der Waals surface area (Å²) in [7, 11) is 0. The van der Waals surface area contributed by atoms with Crippen molar-refractivity contribution in [1.82, 2.24) is 9.80 Å². The number of hydrogen-bond acceptors (Lipinski definition) is 4. The van der Waals surface area contributed by atoms with Gasteiger partial charge in [-0.2, -0.15) is 5.26 Å². The standard InChI is InChI=1S/C17H22ClN3O2/c1-17(2,3)23-16(22)21-10-8-20(9-11-21)15(12-19)13-4-6-14(18)7-5-13/h4-7,15H,8-11H2,1-3H3. The first-order valence-electron chi connectivity index (χ1n) is 7.67. The Morgan fingerprint density at radius 3 is 2.26 bits per heavy atom. The minimum Gasteiger partial charge on any atom is -0.444 e. The summed E-state index contributed by atoms with van der Waals surface area (Å²) in [5, 5.41) is 10.2. The molecule has 1 amide bonds. The summed E-state index contributed by atoms with van der Waals surface area (Å²) in [4.78, 5) is 15.8. The molecule has 1 saturated heterocycles. The maximum Gasteiger partial charge on any atom is 0.410 e. The van der Waals surface area contributed by atoms with E-state index >= 15 is 0 Å². The van der Waals surface area contributed by atoms with Crippen LogP contribution in [0.2, 0.25) is 5.02 Å². The molecule has 1 atom stereocenters. The van der Waals surface area contributed by atoms with Gasteiger partial charge in [0.05, 0.1) is 6.07 Å². The summed E-state index contributed by atoms with van der Waals surface area (Å²) in [6.07, 6.45) is -0.294. The van der Waals surface area contributed by atoms with Gasteiger partial charge in [0.2, 0.25) is 0 Å². The van der Waals surface area contributed by atoms with E-state index in [0.29, 0.717) is 31.2 Å². The summed E-state index contributed by atoms with van der Waals surface area (Å²) in [5.74, 6) is 0. The molecule has 124 valence electrons. The van der Waals surface area contributed by atoms with Crippen molar-refractivity contribution in [2.24, 2.45) is 0 Å². The summed E-state index contributed by atoms with van der Waals surface area (Å²) >= 11 is 5.90. The molecule has 1 unspecified atom stereocenters. The number of benzene rings is 1. The normalized spacial score (nSPS) is 17.4. The van der Waals surface area contributed by atoms with Crippen molar-refractivity contribution in [1.29, 1.82) is 5.26 Å². The third-order valence-electron chi connectivity index (χ3n) is 3.64. The number of nitriles is 1. The van der Waals surface area contributed by atoms with Crippen LogP contribution in [0.3, 0.4) is 0 Å². The van der Waals surface area contributed by atoms with E-state index < -0.39 is 5.60 Å². The second-order valence-electron chi connectivity index (χ2n) is 6.59. The number of hydrogen-bond donors (Lipinski definition) is 0. The molecule has 5 nitrogen and oxygen atoms in total. The highest BCUT2D eigenvalue weighted by atomic mass is 35.5. The van der Waals surface area contributed by atoms with Crippen LogP contribution < -0.4 is 0 Å². The van der Waals surface area contributed by atoms with Crippen LogP contribution in [-0.2, 0) is 4.74 Å². The lowest BCUT2D eigenvalue weighted by atomic mass is 10.1. The van der Waals surface area contributed by atoms with E-state index in [2.05, 4.69) is 11.0 Å². The van der Waals surface area contributed by atoms with Crippen LogP contribution in [0, 0.1) is 11.3 Å². The summed E-state index contributed by atoms with van der Waals surface area (Å²) < 4.78 is 5.39. The quantitative estimate of drug-likeness (QED) is 0.830. The van der Waals surface area contributed by atoms with Crippen molar-refractivity contribution >= 4 is 17.7 Å². The van der Waals surface area contributed by atoms with Crippen molar-refractivity contribution < 1.29 is 9.53 Å². The monoisotopic (exact) mass is 335 g/mol. The molecule has 0 saturated carbocycles. The molecule has 0 radical (unpaired) electrons. The van der Waals surface area contributed by atoms with Crippen LogP contribution in [0.1, 0.15) is 32.4 Å². The number of nitrogens with zero attached hydrogens (tertiary/aromatic N) is 3.